The monoisotopic (exact) mass is 498 g/mol. The summed E-state index contributed by atoms with van der Waals surface area (Å²) in [4.78, 5) is 6.86. The van der Waals surface area contributed by atoms with E-state index in [0.717, 1.165) is 52.4 Å². The first-order valence-electron chi connectivity index (χ1n) is 12.6. The average Bonchev–Trinajstić information content (AvgIpc) is 2.92. The Kier molecular flexibility index (Phi) is 7.32. The zero-order valence-electron chi connectivity index (χ0n) is 21.9. The maximum atomic E-state index is 6.40. The number of nitrogens with zero attached hydrogens (tertiary/aromatic N) is 2. The number of aryl methyl sites for hydroxylation is 1. The summed E-state index contributed by atoms with van der Waals surface area (Å²) in [7, 11) is 5.43. The van der Waals surface area contributed by atoms with Crippen molar-refractivity contribution in [2.75, 3.05) is 45.0 Å². The molecule has 1 saturated heterocycles. The molecule has 0 unspecified atom stereocenters. The predicted octanol–water partition coefficient (Wildman–Crippen LogP) is 6.60. The van der Waals surface area contributed by atoms with Gasteiger partial charge in [0, 0.05) is 46.8 Å². The number of anilines is 3. The number of rotatable bonds is 8. The molecule has 0 saturated carbocycles. The second kappa shape index (κ2) is 11.0. The molecule has 1 aromatic heterocycles. The summed E-state index contributed by atoms with van der Waals surface area (Å²) in [5, 5.41) is 8.02. The van der Waals surface area contributed by atoms with Crippen LogP contribution in [0.3, 0.4) is 0 Å². The summed E-state index contributed by atoms with van der Waals surface area (Å²) in [6, 6.07) is 20.8. The van der Waals surface area contributed by atoms with Crippen molar-refractivity contribution < 1.29 is 14.2 Å². The largest absolute Gasteiger partial charge is 0.493 e. The van der Waals surface area contributed by atoms with Crippen molar-refractivity contribution in [3.8, 4) is 23.0 Å². The number of pyridine rings is 1. The second-order valence-electron chi connectivity index (χ2n) is 9.54. The molecule has 0 atom stereocenters. The van der Waals surface area contributed by atoms with Gasteiger partial charge in [-0.25, -0.2) is 0 Å². The van der Waals surface area contributed by atoms with Gasteiger partial charge in [0.1, 0.15) is 11.5 Å². The summed E-state index contributed by atoms with van der Waals surface area (Å²) >= 11 is 0. The number of methoxy groups -OCH3 is 2. The Balaban J connectivity index is 1.31. The third-order valence-corrected chi connectivity index (χ3v) is 6.88. The highest BCUT2D eigenvalue weighted by atomic mass is 16.5. The smallest absolute Gasteiger partial charge is 0.162 e. The number of nitrogens with one attached hydrogen (secondary N) is 2. The van der Waals surface area contributed by atoms with Gasteiger partial charge in [-0.15, -0.1) is 0 Å². The van der Waals surface area contributed by atoms with Crippen LogP contribution in [0.5, 0.6) is 23.0 Å². The first-order valence-corrected chi connectivity index (χ1v) is 12.6. The normalized spacial score (nSPS) is 14.4. The fourth-order valence-electron chi connectivity index (χ4n) is 4.65. The van der Waals surface area contributed by atoms with Gasteiger partial charge in [-0.1, -0.05) is 6.07 Å². The Hall–Kier alpha value is -3.97. The quantitative estimate of drug-likeness (QED) is 0.284. The fourth-order valence-corrected chi connectivity index (χ4v) is 4.65. The number of piperidine rings is 1. The van der Waals surface area contributed by atoms with Crippen LogP contribution in [0.4, 0.5) is 17.1 Å². The van der Waals surface area contributed by atoms with Crippen LogP contribution in [-0.4, -0.2) is 50.3 Å². The Morgan fingerprint density at radius 3 is 2.19 bits per heavy atom. The third-order valence-electron chi connectivity index (χ3n) is 6.88. The average molecular weight is 499 g/mol. The molecule has 2 heterocycles. The Morgan fingerprint density at radius 2 is 1.46 bits per heavy atom. The van der Waals surface area contributed by atoms with Crippen LogP contribution in [-0.2, 0) is 0 Å². The van der Waals surface area contributed by atoms with E-state index in [9.17, 15) is 0 Å². The summed E-state index contributed by atoms with van der Waals surface area (Å²) in [5.74, 6) is 2.74. The van der Waals surface area contributed by atoms with Gasteiger partial charge in [0.15, 0.2) is 11.5 Å². The molecule has 1 aliphatic heterocycles. The highest BCUT2D eigenvalue weighted by Crippen LogP contribution is 2.38. The maximum Gasteiger partial charge on any atom is 0.162 e. The number of likely N-dealkylation sites (tertiary alicyclic amines) is 1. The summed E-state index contributed by atoms with van der Waals surface area (Å²) in [6.07, 6.45) is 4.09. The Bertz CT molecular complexity index is 1370. The molecule has 0 bridgehead atoms. The van der Waals surface area contributed by atoms with E-state index in [1.165, 1.54) is 12.8 Å². The van der Waals surface area contributed by atoms with E-state index in [4.69, 9.17) is 14.2 Å². The molecule has 0 aliphatic carbocycles. The summed E-state index contributed by atoms with van der Waals surface area (Å²) in [5.41, 5.74) is 4.94. The minimum absolute atomic E-state index is 0.539. The molecule has 0 radical (unpaired) electrons. The van der Waals surface area contributed by atoms with E-state index in [1.54, 1.807) is 20.4 Å². The van der Waals surface area contributed by atoms with Crippen LogP contribution in [0.25, 0.3) is 10.9 Å². The molecular formula is C30H34N4O3. The van der Waals surface area contributed by atoms with Gasteiger partial charge in [-0.3, -0.25) is 4.98 Å². The van der Waals surface area contributed by atoms with Crippen LogP contribution in [0, 0.1) is 6.92 Å². The highest BCUT2D eigenvalue weighted by Gasteiger charge is 2.16. The van der Waals surface area contributed by atoms with Crippen molar-refractivity contribution in [1.29, 1.82) is 0 Å². The van der Waals surface area contributed by atoms with Crippen LogP contribution in [0.15, 0.2) is 66.9 Å². The van der Waals surface area contributed by atoms with Gasteiger partial charge in [-0.2, -0.15) is 0 Å². The minimum atomic E-state index is 0.539. The van der Waals surface area contributed by atoms with E-state index < -0.39 is 0 Å². The molecular weight excluding hydrogens is 464 g/mol. The lowest BCUT2D eigenvalue weighted by Crippen LogP contribution is -2.36. The number of aromatic nitrogens is 1. The lowest BCUT2D eigenvalue weighted by atomic mass is 10.1. The van der Waals surface area contributed by atoms with Crippen molar-refractivity contribution in [3.05, 3.63) is 72.4 Å². The molecule has 1 aliphatic rings. The number of benzene rings is 3. The van der Waals surface area contributed by atoms with E-state index in [0.29, 0.717) is 23.3 Å². The maximum absolute atomic E-state index is 6.40. The molecule has 5 rings (SSSR count). The van der Waals surface area contributed by atoms with Gasteiger partial charge in [0.2, 0.25) is 0 Å². The van der Waals surface area contributed by atoms with Crippen molar-refractivity contribution >= 4 is 28.0 Å². The van der Waals surface area contributed by atoms with Gasteiger partial charge in [0.25, 0.3) is 0 Å². The Labute approximate surface area is 218 Å². The van der Waals surface area contributed by atoms with Crippen molar-refractivity contribution in [2.45, 2.75) is 25.8 Å². The number of ether oxygens (including phenoxy) is 3. The van der Waals surface area contributed by atoms with Crippen molar-refractivity contribution in [1.82, 2.24) is 9.88 Å². The van der Waals surface area contributed by atoms with E-state index >= 15 is 0 Å². The standard InChI is InChI=1S/C30H34N4O3/c1-20-5-6-24(33-22-9-7-21(8-10-22)32-23-12-15-34(2)16-13-23)17-28(20)37-27-11-14-31-26-19-30(36-4)29(35-3)18-25(26)27/h5-11,14,17-19,23,32-33H,12-13,15-16H2,1-4H3. The predicted molar refractivity (Wildman–Crippen MR) is 150 cm³/mol. The molecule has 7 heteroatoms. The SMILES string of the molecule is COc1cc2nccc(Oc3cc(Nc4ccc(NC5CCN(C)CC5)cc4)ccc3C)c2cc1OC. The number of hydrogen-bond donors (Lipinski definition) is 2. The zero-order chi connectivity index (χ0) is 25.8. The second-order valence-corrected chi connectivity index (χ2v) is 9.54. The van der Waals surface area contributed by atoms with Gasteiger partial charge in [-0.05, 0) is 87.9 Å². The molecule has 37 heavy (non-hydrogen) atoms. The van der Waals surface area contributed by atoms with Crippen LogP contribution < -0.4 is 24.8 Å². The molecule has 7 nitrogen and oxygen atoms in total. The van der Waals surface area contributed by atoms with Crippen LogP contribution in [0.2, 0.25) is 0 Å². The van der Waals surface area contributed by atoms with Crippen molar-refractivity contribution in [2.24, 2.45) is 0 Å². The lowest BCUT2D eigenvalue weighted by Gasteiger charge is -2.30. The summed E-state index contributed by atoms with van der Waals surface area (Å²) < 4.78 is 17.3. The molecule has 3 aromatic carbocycles. The van der Waals surface area contributed by atoms with Gasteiger partial charge < -0.3 is 29.7 Å². The molecule has 192 valence electrons. The first-order chi connectivity index (χ1) is 18.0. The molecule has 1 fully saturated rings. The Morgan fingerprint density at radius 1 is 0.784 bits per heavy atom. The van der Waals surface area contributed by atoms with Gasteiger partial charge in [0.05, 0.1) is 19.7 Å². The molecule has 0 spiro atoms. The lowest BCUT2D eigenvalue weighted by molar-refractivity contribution is 0.264. The summed E-state index contributed by atoms with van der Waals surface area (Å²) in [6.45, 7) is 4.33. The van der Waals surface area contributed by atoms with Crippen LogP contribution >= 0.6 is 0 Å². The zero-order valence-corrected chi connectivity index (χ0v) is 21.9. The van der Waals surface area contributed by atoms with E-state index in [2.05, 4.69) is 64.0 Å². The molecule has 2 N–H and O–H groups in total. The van der Waals surface area contributed by atoms with E-state index in [-0.39, 0.29) is 0 Å². The molecule has 4 aromatic rings. The van der Waals surface area contributed by atoms with E-state index in [1.807, 2.05) is 31.2 Å². The minimum Gasteiger partial charge on any atom is -0.493 e. The van der Waals surface area contributed by atoms with Crippen molar-refractivity contribution in [3.63, 3.8) is 0 Å². The first kappa shape index (κ1) is 24.7. The topological polar surface area (TPSA) is 67.9 Å². The molecule has 0 amide bonds. The third kappa shape index (κ3) is 5.73. The number of hydrogen-bond acceptors (Lipinski definition) is 7. The van der Waals surface area contributed by atoms with Crippen LogP contribution in [0.1, 0.15) is 18.4 Å². The highest BCUT2D eigenvalue weighted by molar-refractivity contribution is 5.88. The fraction of sp³-hybridized carbons (Fsp3) is 0.300. The van der Waals surface area contributed by atoms with Gasteiger partial charge >= 0.3 is 0 Å². The number of fused-ring (bicyclic) bond motifs is 1.